The van der Waals surface area contributed by atoms with E-state index < -0.39 is 0 Å². The molecule has 0 bridgehead atoms. The quantitative estimate of drug-likeness (QED) is 0.660. The topological polar surface area (TPSA) is 105 Å². The van der Waals surface area contributed by atoms with Crippen LogP contribution in [0, 0.1) is 17.2 Å². The monoisotopic (exact) mass is 389 g/mol. The van der Waals surface area contributed by atoms with Gasteiger partial charge >= 0.3 is 0 Å². The molecule has 8 heteroatoms. The van der Waals surface area contributed by atoms with Crippen LogP contribution in [0.1, 0.15) is 28.9 Å². The summed E-state index contributed by atoms with van der Waals surface area (Å²) in [5, 5.41) is 13.0. The first kappa shape index (κ1) is 18.6. The molecule has 1 fully saturated rings. The van der Waals surface area contributed by atoms with Crippen LogP contribution in [0.2, 0.25) is 0 Å². The highest BCUT2D eigenvalue weighted by Gasteiger charge is 2.26. The van der Waals surface area contributed by atoms with Crippen molar-refractivity contribution in [3.8, 4) is 23.3 Å². The van der Waals surface area contributed by atoms with E-state index in [0.29, 0.717) is 48.5 Å². The van der Waals surface area contributed by atoms with Gasteiger partial charge in [0.15, 0.2) is 11.5 Å². The predicted octanol–water partition coefficient (Wildman–Crippen LogP) is 2.93. The van der Waals surface area contributed by atoms with Gasteiger partial charge < -0.3 is 14.2 Å². The molecule has 0 aromatic carbocycles. The molecule has 4 rings (SSSR count). The molecule has 0 aliphatic carbocycles. The van der Waals surface area contributed by atoms with Crippen molar-refractivity contribution in [1.82, 2.24) is 20.0 Å². The predicted molar refractivity (Wildman–Crippen MR) is 103 cm³/mol. The van der Waals surface area contributed by atoms with Gasteiger partial charge in [0.2, 0.25) is 5.88 Å². The summed E-state index contributed by atoms with van der Waals surface area (Å²) in [6.45, 7) is 1.72. The molecule has 0 radical (unpaired) electrons. The van der Waals surface area contributed by atoms with Crippen LogP contribution < -0.4 is 4.74 Å². The van der Waals surface area contributed by atoms with Crippen LogP contribution in [0.5, 0.6) is 5.88 Å². The van der Waals surface area contributed by atoms with Crippen LogP contribution in [-0.2, 0) is 0 Å². The van der Waals surface area contributed by atoms with Crippen LogP contribution in [-0.4, -0.2) is 45.6 Å². The molecular formula is C21H19N5O3. The maximum Gasteiger partial charge on any atom is 0.276 e. The Morgan fingerprint density at radius 3 is 2.86 bits per heavy atom. The molecule has 3 aromatic rings. The van der Waals surface area contributed by atoms with Crippen LogP contribution in [0.4, 0.5) is 0 Å². The molecule has 1 aliphatic rings. The number of hydrogen-bond acceptors (Lipinski definition) is 7. The van der Waals surface area contributed by atoms with Crippen molar-refractivity contribution in [2.45, 2.75) is 12.8 Å². The molecule has 0 saturated carbocycles. The third-order valence-corrected chi connectivity index (χ3v) is 4.92. The number of likely N-dealkylation sites (tertiary alicyclic amines) is 1. The molecule has 0 atom stereocenters. The van der Waals surface area contributed by atoms with Crippen LogP contribution >= 0.6 is 0 Å². The second-order valence-corrected chi connectivity index (χ2v) is 6.83. The maximum absolute atomic E-state index is 12.7. The zero-order valence-electron chi connectivity index (χ0n) is 15.7. The second kappa shape index (κ2) is 8.52. The Hall–Kier alpha value is -3.73. The van der Waals surface area contributed by atoms with Gasteiger partial charge in [-0.15, -0.1) is 0 Å². The highest BCUT2D eigenvalue weighted by molar-refractivity contribution is 5.93. The number of nitriles is 1. The number of rotatable bonds is 5. The Bertz CT molecular complexity index is 1020. The number of amides is 1. The SMILES string of the molecule is N#Cc1cccnc1OCC1CCN(C(=O)c2cc(-c3cccnc3)on2)CC1. The van der Waals surface area contributed by atoms with E-state index >= 15 is 0 Å². The van der Waals surface area contributed by atoms with Gasteiger partial charge in [-0.2, -0.15) is 5.26 Å². The van der Waals surface area contributed by atoms with Crippen LogP contribution in [0.15, 0.2) is 53.4 Å². The Morgan fingerprint density at radius 2 is 2.10 bits per heavy atom. The summed E-state index contributed by atoms with van der Waals surface area (Å²) in [5.74, 6) is 1.04. The van der Waals surface area contributed by atoms with Gasteiger partial charge in [0, 0.05) is 43.3 Å². The standard InChI is InChI=1S/C21H19N5O3/c22-12-16-3-2-8-24-20(16)28-14-15-5-9-26(10-6-15)21(27)18-11-19(29-25-18)17-4-1-7-23-13-17/h1-4,7-8,11,13,15H,5-6,9-10,14H2. The smallest absolute Gasteiger partial charge is 0.276 e. The molecule has 3 aromatic heterocycles. The van der Waals surface area contributed by atoms with Crippen molar-refractivity contribution in [1.29, 1.82) is 5.26 Å². The Labute approximate surface area is 167 Å². The number of pyridine rings is 2. The van der Waals surface area contributed by atoms with Crippen molar-refractivity contribution >= 4 is 5.91 Å². The highest BCUT2D eigenvalue weighted by Crippen LogP contribution is 2.23. The van der Waals surface area contributed by atoms with Crippen molar-refractivity contribution in [2.24, 2.45) is 5.92 Å². The highest BCUT2D eigenvalue weighted by atomic mass is 16.5. The molecule has 0 unspecified atom stereocenters. The first-order valence-corrected chi connectivity index (χ1v) is 9.39. The van der Waals surface area contributed by atoms with Crippen LogP contribution in [0.25, 0.3) is 11.3 Å². The number of piperidine rings is 1. The van der Waals surface area contributed by atoms with E-state index in [9.17, 15) is 4.79 Å². The van der Waals surface area contributed by atoms with Gasteiger partial charge in [0.05, 0.1) is 6.61 Å². The molecule has 4 heterocycles. The van der Waals surface area contributed by atoms with Crippen molar-refractivity contribution < 1.29 is 14.1 Å². The minimum absolute atomic E-state index is 0.139. The lowest BCUT2D eigenvalue weighted by atomic mass is 9.97. The van der Waals surface area contributed by atoms with E-state index in [1.807, 2.05) is 6.07 Å². The molecule has 1 aliphatic heterocycles. The Kier molecular flexibility index (Phi) is 5.47. The summed E-state index contributed by atoms with van der Waals surface area (Å²) in [5.41, 5.74) is 1.50. The zero-order chi connectivity index (χ0) is 20.1. The third kappa shape index (κ3) is 4.24. The largest absolute Gasteiger partial charge is 0.476 e. The number of nitrogens with zero attached hydrogens (tertiary/aromatic N) is 5. The molecule has 8 nitrogen and oxygen atoms in total. The number of ether oxygens (including phenoxy) is 1. The number of hydrogen-bond donors (Lipinski definition) is 0. The summed E-state index contributed by atoms with van der Waals surface area (Å²) in [6.07, 6.45) is 6.57. The number of aromatic nitrogens is 3. The fraction of sp³-hybridized carbons (Fsp3) is 0.286. The van der Waals surface area contributed by atoms with Gasteiger partial charge in [-0.3, -0.25) is 9.78 Å². The second-order valence-electron chi connectivity index (χ2n) is 6.83. The molecular weight excluding hydrogens is 370 g/mol. The summed E-state index contributed by atoms with van der Waals surface area (Å²) >= 11 is 0. The van der Waals surface area contributed by atoms with Gasteiger partial charge in [-0.25, -0.2) is 4.98 Å². The first-order chi connectivity index (χ1) is 14.2. The van der Waals surface area contributed by atoms with Gasteiger partial charge in [0.1, 0.15) is 11.6 Å². The molecule has 0 N–H and O–H groups in total. The van der Waals surface area contributed by atoms with E-state index in [-0.39, 0.29) is 5.91 Å². The minimum atomic E-state index is -0.139. The fourth-order valence-electron chi connectivity index (χ4n) is 3.27. The maximum atomic E-state index is 12.7. The van der Waals surface area contributed by atoms with E-state index in [0.717, 1.165) is 18.4 Å². The molecule has 1 saturated heterocycles. The summed E-state index contributed by atoms with van der Waals surface area (Å²) in [7, 11) is 0. The van der Waals surface area contributed by atoms with Gasteiger partial charge in [-0.05, 0) is 43.0 Å². The molecule has 1 amide bonds. The lowest BCUT2D eigenvalue weighted by Gasteiger charge is -2.31. The molecule has 146 valence electrons. The van der Waals surface area contributed by atoms with Gasteiger partial charge in [0.25, 0.3) is 5.91 Å². The van der Waals surface area contributed by atoms with E-state index in [4.69, 9.17) is 14.5 Å². The zero-order valence-corrected chi connectivity index (χ0v) is 15.7. The van der Waals surface area contributed by atoms with Gasteiger partial charge in [-0.1, -0.05) is 5.16 Å². The Balaban J connectivity index is 1.31. The van der Waals surface area contributed by atoms with E-state index in [1.165, 1.54) is 0 Å². The summed E-state index contributed by atoms with van der Waals surface area (Å²) in [4.78, 5) is 22.7. The van der Waals surface area contributed by atoms with Crippen molar-refractivity contribution in [2.75, 3.05) is 19.7 Å². The van der Waals surface area contributed by atoms with Crippen molar-refractivity contribution in [3.63, 3.8) is 0 Å². The molecule has 29 heavy (non-hydrogen) atoms. The number of carbonyl (C=O) groups is 1. The summed E-state index contributed by atoms with van der Waals surface area (Å²) < 4.78 is 11.0. The minimum Gasteiger partial charge on any atom is -0.476 e. The van der Waals surface area contributed by atoms with Crippen molar-refractivity contribution in [3.05, 3.63) is 60.2 Å². The van der Waals surface area contributed by atoms with E-state index in [1.54, 1.807) is 47.8 Å². The third-order valence-electron chi connectivity index (χ3n) is 4.92. The number of carbonyl (C=O) groups excluding carboxylic acids is 1. The average Bonchev–Trinajstić information content (AvgIpc) is 3.29. The fourth-order valence-corrected chi connectivity index (χ4v) is 3.27. The Morgan fingerprint density at radius 1 is 1.28 bits per heavy atom. The lowest BCUT2D eigenvalue weighted by molar-refractivity contribution is 0.0649. The van der Waals surface area contributed by atoms with Crippen LogP contribution in [0.3, 0.4) is 0 Å². The molecule has 0 spiro atoms. The average molecular weight is 389 g/mol. The first-order valence-electron chi connectivity index (χ1n) is 9.39. The summed E-state index contributed by atoms with van der Waals surface area (Å²) in [6, 6.07) is 10.8. The normalized spacial score (nSPS) is 14.4. The van der Waals surface area contributed by atoms with E-state index in [2.05, 4.69) is 21.2 Å². The lowest BCUT2D eigenvalue weighted by Crippen LogP contribution is -2.39.